The van der Waals surface area contributed by atoms with Gasteiger partial charge in [-0.3, -0.25) is 0 Å². The molecule has 15 heavy (non-hydrogen) atoms. The first kappa shape index (κ1) is 11.9. The van der Waals surface area contributed by atoms with E-state index in [4.69, 9.17) is 10.5 Å². The molecular formula is C11H15F2NO. The van der Waals surface area contributed by atoms with Crippen LogP contribution in [0, 0.1) is 5.82 Å². The topological polar surface area (TPSA) is 35.2 Å². The minimum atomic E-state index is -1.50. The highest BCUT2D eigenvalue weighted by Gasteiger charge is 2.21. The van der Waals surface area contributed by atoms with Crippen LogP contribution in [0.15, 0.2) is 18.2 Å². The van der Waals surface area contributed by atoms with Crippen molar-refractivity contribution in [2.45, 2.75) is 19.0 Å². The predicted molar refractivity (Wildman–Crippen MR) is 55.2 cm³/mol. The van der Waals surface area contributed by atoms with Crippen LogP contribution < -0.4 is 10.5 Å². The number of hydrogen-bond acceptors (Lipinski definition) is 2. The summed E-state index contributed by atoms with van der Waals surface area (Å²) < 4.78 is 31.6. The van der Waals surface area contributed by atoms with E-state index < -0.39 is 11.5 Å². The highest BCUT2D eigenvalue weighted by Crippen LogP contribution is 2.22. The summed E-state index contributed by atoms with van der Waals surface area (Å²) in [5.74, 6) is -0.324. The predicted octanol–water partition coefficient (Wildman–Crippen LogP) is 2.06. The standard InChI is InChI=1S/C11H15F2NO/c1-11(13,7-14)6-8-3-4-10(15-2)9(12)5-8/h3-5H,6-7,14H2,1-2H3. The lowest BCUT2D eigenvalue weighted by molar-refractivity contribution is 0.200. The third kappa shape index (κ3) is 3.16. The van der Waals surface area contributed by atoms with Crippen LogP contribution in [0.1, 0.15) is 12.5 Å². The van der Waals surface area contributed by atoms with Crippen molar-refractivity contribution in [3.63, 3.8) is 0 Å². The lowest BCUT2D eigenvalue weighted by Gasteiger charge is -2.18. The number of hydrogen-bond donors (Lipinski definition) is 1. The van der Waals surface area contributed by atoms with Crippen molar-refractivity contribution >= 4 is 0 Å². The average molecular weight is 215 g/mol. The molecule has 0 spiro atoms. The molecule has 0 radical (unpaired) electrons. The van der Waals surface area contributed by atoms with Crippen LogP contribution in [-0.4, -0.2) is 19.3 Å². The van der Waals surface area contributed by atoms with Gasteiger partial charge in [0.25, 0.3) is 0 Å². The fourth-order valence-electron chi connectivity index (χ4n) is 1.32. The number of ether oxygens (including phenoxy) is 1. The summed E-state index contributed by atoms with van der Waals surface area (Å²) >= 11 is 0. The van der Waals surface area contributed by atoms with Crippen LogP contribution in [0.4, 0.5) is 8.78 Å². The van der Waals surface area contributed by atoms with Gasteiger partial charge in [0.2, 0.25) is 0 Å². The maximum Gasteiger partial charge on any atom is 0.165 e. The molecule has 2 nitrogen and oxygen atoms in total. The summed E-state index contributed by atoms with van der Waals surface area (Å²) in [4.78, 5) is 0. The second-order valence-electron chi connectivity index (χ2n) is 3.76. The Kier molecular flexibility index (Phi) is 3.63. The third-order valence-electron chi connectivity index (χ3n) is 2.21. The monoisotopic (exact) mass is 215 g/mol. The molecule has 1 rings (SSSR count). The van der Waals surface area contributed by atoms with Crippen molar-refractivity contribution in [1.82, 2.24) is 0 Å². The third-order valence-corrected chi connectivity index (χ3v) is 2.21. The smallest absolute Gasteiger partial charge is 0.165 e. The zero-order valence-corrected chi connectivity index (χ0v) is 8.89. The summed E-state index contributed by atoms with van der Waals surface area (Å²) in [6.45, 7) is 1.32. The first-order valence-electron chi connectivity index (χ1n) is 4.70. The number of halogens is 2. The molecule has 4 heteroatoms. The number of benzene rings is 1. The molecule has 2 N–H and O–H groups in total. The van der Waals surface area contributed by atoms with Crippen molar-refractivity contribution in [2.24, 2.45) is 5.73 Å². The molecule has 84 valence electrons. The summed E-state index contributed by atoms with van der Waals surface area (Å²) in [5.41, 5.74) is 4.33. The fourth-order valence-corrected chi connectivity index (χ4v) is 1.32. The van der Waals surface area contributed by atoms with E-state index in [-0.39, 0.29) is 18.7 Å². The Morgan fingerprint density at radius 1 is 1.47 bits per heavy atom. The SMILES string of the molecule is COc1ccc(CC(C)(F)CN)cc1F. The molecule has 0 fully saturated rings. The van der Waals surface area contributed by atoms with Crippen LogP contribution in [-0.2, 0) is 6.42 Å². The first-order valence-corrected chi connectivity index (χ1v) is 4.70. The van der Waals surface area contributed by atoms with E-state index in [9.17, 15) is 8.78 Å². The molecule has 1 unspecified atom stereocenters. The zero-order chi connectivity index (χ0) is 11.5. The molecule has 0 aliphatic heterocycles. The Morgan fingerprint density at radius 3 is 2.60 bits per heavy atom. The minimum Gasteiger partial charge on any atom is -0.494 e. The average Bonchev–Trinajstić information content (AvgIpc) is 2.17. The maximum atomic E-state index is 13.5. The molecule has 1 aromatic rings. The van der Waals surface area contributed by atoms with Gasteiger partial charge < -0.3 is 10.5 Å². The Labute approximate surface area is 88.0 Å². The Morgan fingerprint density at radius 2 is 2.13 bits per heavy atom. The quantitative estimate of drug-likeness (QED) is 0.834. The number of rotatable bonds is 4. The Hall–Kier alpha value is -1.16. The Balaban J connectivity index is 2.84. The molecule has 0 saturated carbocycles. The van der Waals surface area contributed by atoms with Gasteiger partial charge in [0.15, 0.2) is 11.6 Å². The molecule has 0 aromatic heterocycles. The van der Waals surface area contributed by atoms with Crippen LogP contribution in [0.2, 0.25) is 0 Å². The van der Waals surface area contributed by atoms with Gasteiger partial charge in [-0.15, -0.1) is 0 Å². The largest absolute Gasteiger partial charge is 0.494 e. The lowest BCUT2D eigenvalue weighted by Crippen LogP contribution is -2.31. The van der Waals surface area contributed by atoms with Gasteiger partial charge in [0.05, 0.1) is 7.11 Å². The zero-order valence-electron chi connectivity index (χ0n) is 8.89. The van der Waals surface area contributed by atoms with Crippen molar-refractivity contribution in [3.05, 3.63) is 29.6 Å². The molecule has 0 bridgehead atoms. The normalized spacial score (nSPS) is 14.7. The second-order valence-corrected chi connectivity index (χ2v) is 3.76. The van der Waals surface area contributed by atoms with Gasteiger partial charge in [0.1, 0.15) is 5.67 Å². The van der Waals surface area contributed by atoms with E-state index in [1.165, 1.54) is 26.2 Å². The van der Waals surface area contributed by atoms with Crippen molar-refractivity contribution < 1.29 is 13.5 Å². The van der Waals surface area contributed by atoms with E-state index in [0.29, 0.717) is 5.56 Å². The van der Waals surface area contributed by atoms with E-state index >= 15 is 0 Å². The first-order chi connectivity index (χ1) is 6.98. The highest BCUT2D eigenvalue weighted by atomic mass is 19.1. The maximum absolute atomic E-state index is 13.5. The van der Waals surface area contributed by atoms with Crippen LogP contribution in [0.5, 0.6) is 5.75 Å². The summed E-state index contributed by atoms with van der Waals surface area (Å²) in [7, 11) is 1.39. The van der Waals surface area contributed by atoms with Crippen molar-refractivity contribution in [2.75, 3.05) is 13.7 Å². The molecule has 0 aliphatic carbocycles. The number of nitrogens with two attached hydrogens (primary N) is 1. The van der Waals surface area contributed by atoms with Crippen molar-refractivity contribution in [1.29, 1.82) is 0 Å². The number of methoxy groups -OCH3 is 1. The van der Waals surface area contributed by atoms with Crippen molar-refractivity contribution in [3.8, 4) is 5.75 Å². The molecule has 0 amide bonds. The highest BCUT2D eigenvalue weighted by molar-refractivity contribution is 5.30. The Bertz CT molecular complexity index is 339. The van der Waals surface area contributed by atoms with E-state index in [1.54, 1.807) is 6.07 Å². The molecule has 0 heterocycles. The molecule has 0 saturated heterocycles. The second kappa shape index (κ2) is 4.57. The van der Waals surface area contributed by atoms with E-state index in [2.05, 4.69) is 0 Å². The minimum absolute atomic E-state index is 0.0827. The van der Waals surface area contributed by atoms with E-state index in [0.717, 1.165) is 0 Å². The van der Waals surface area contributed by atoms with Gasteiger partial charge in [-0.25, -0.2) is 8.78 Å². The van der Waals surface area contributed by atoms with Gasteiger partial charge in [0, 0.05) is 13.0 Å². The lowest BCUT2D eigenvalue weighted by atomic mass is 9.98. The fraction of sp³-hybridized carbons (Fsp3) is 0.455. The summed E-state index contributed by atoms with van der Waals surface area (Å²) in [5, 5.41) is 0. The molecule has 1 aromatic carbocycles. The summed E-state index contributed by atoms with van der Waals surface area (Å²) in [6.07, 6.45) is 0.102. The van der Waals surface area contributed by atoms with Crippen LogP contribution in [0.3, 0.4) is 0 Å². The van der Waals surface area contributed by atoms with Crippen LogP contribution >= 0.6 is 0 Å². The molecular weight excluding hydrogens is 200 g/mol. The molecule has 1 atom stereocenters. The van der Waals surface area contributed by atoms with Gasteiger partial charge >= 0.3 is 0 Å². The van der Waals surface area contributed by atoms with Crippen LogP contribution in [0.25, 0.3) is 0 Å². The van der Waals surface area contributed by atoms with Gasteiger partial charge in [-0.1, -0.05) is 6.07 Å². The van der Waals surface area contributed by atoms with E-state index in [1.807, 2.05) is 0 Å². The molecule has 0 aliphatic rings. The van der Waals surface area contributed by atoms with Gasteiger partial charge in [-0.05, 0) is 24.6 Å². The number of alkyl halides is 1. The summed E-state index contributed by atoms with van der Waals surface area (Å²) in [6, 6.07) is 4.39. The van der Waals surface area contributed by atoms with Gasteiger partial charge in [-0.2, -0.15) is 0 Å².